The summed E-state index contributed by atoms with van der Waals surface area (Å²) < 4.78 is 6.19. The summed E-state index contributed by atoms with van der Waals surface area (Å²) in [5.74, 6) is -1.78. The molecule has 0 atom stereocenters. The van der Waals surface area contributed by atoms with E-state index in [1.165, 1.54) is 6.20 Å². The number of hydrogen-bond donors (Lipinski definition) is 2. The lowest BCUT2D eigenvalue weighted by Gasteiger charge is -2.04. The Labute approximate surface area is 130 Å². The van der Waals surface area contributed by atoms with E-state index in [1.807, 2.05) is 6.07 Å². The quantitative estimate of drug-likeness (QED) is 0.536. The van der Waals surface area contributed by atoms with Crippen molar-refractivity contribution in [1.82, 2.24) is 19.9 Å². The minimum absolute atomic E-state index is 0.0510. The number of amides is 1. The molecule has 2 aromatic heterocycles. The fraction of sp³-hybridized carbons (Fsp3) is 0.200. The Hall–Kier alpha value is -3.16. The summed E-state index contributed by atoms with van der Waals surface area (Å²) in [7, 11) is 0. The number of hydrogen-bond acceptors (Lipinski definition) is 5. The summed E-state index contributed by atoms with van der Waals surface area (Å²) in [4.78, 5) is 37.7. The highest BCUT2D eigenvalue weighted by Crippen LogP contribution is 2.13. The summed E-state index contributed by atoms with van der Waals surface area (Å²) in [6.45, 7) is 1.80. The van der Waals surface area contributed by atoms with Crippen LogP contribution in [0.25, 0.3) is 16.6 Å². The van der Waals surface area contributed by atoms with E-state index in [9.17, 15) is 14.4 Å². The third-order valence-corrected chi connectivity index (χ3v) is 3.35. The summed E-state index contributed by atoms with van der Waals surface area (Å²) in [6.07, 6.45) is 1.53. The zero-order valence-electron chi connectivity index (χ0n) is 12.3. The van der Waals surface area contributed by atoms with Gasteiger partial charge in [0, 0.05) is 12.1 Å². The Morgan fingerprint density at radius 3 is 2.91 bits per heavy atom. The van der Waals surface area contributed by atoms with Crippen molar-refractivity contribution in [3.05, 3.63) is 46.4 Å². The number of ether oxygens (including phenoxy) is 1. The van der Waals surface area contributed by atoms with Gasteiger partial charge in [-0.2, -0.15) is 5.10 Å². The van der Waals surface area contributed by atoms with Crippen LogP contribution in [0.2, 0.25) is 0 Å². The van der Waals surface area contributed by atoms with E-state index in [-0.39, 0.29) is 18.7 Å². The molecule has 2 heterocycles. The minimum atomic E-state index is -0.942. The predicted molar refractivity (Wildman–Crippen MR) is 81.8 cm³/mol. The molecule has 1 amide bonds. The molecule has 1 aromatic carbocycles. The standard InChI is InChI=1S/C15H14N4O4/c1-2-23-15(22)14(21)16-7-9-8-17-19-11-6-4-3-5-10(11)13(20)18-12(9)19/h3-6,8H,2,7H2,1H3,(H,16,21)(H,18,20). The number of benzene rings is 1. The summed E-state index contributed by atoms with van der Waals surface area (Å²) in [5.41, 5.74) is 1.48. The first-order valence-electron chi connectivity index (χ1n) is 7.04. The largest absolute Gasteiger partial charge is 0.459 e. The van der Waals surface area contributed by atoms with Gasteiger partial charge >= 0.3 is 11.9 Å². The summed E-state index contributed by atoms with van der Waals surface area (Å²) in [5, 5.41) is 7.19. The van der Waals surface area contributed by atoms with Crippen molar-refractivity contribution >= 4 is 28.4 Å². The molecule has 3 rings (SSSR count). The molecular weight excluding hydrogens is 300 g/mol. The first-order chi connectivity index (χ1) is 11.1. The van der Waals surface area contributed by atoms with E-state index in [0.29, 0.717) is 22.1 Å². The molecule has 0 saturated heterocycles. The van der Waals surface area contributed by atoms with Gasteiger partial charge in [-0.15, -0.1) is 0 Å². The van der Waals surface area contributed by atoms with Crippen molar-refractivity contribution in [2.24, 2.45) is 0 Å². The molecule has 2 N–H and O–H groups in total. The second-order valence-corrected chi connectivity index (χ2v) is 4.80. The van der Waals surface area contributed by atoms with Crippen LogP contribution in [0.3, 0.4) is 0 Å². The number of carbonyl (C=O) groups is 2. The van der Waals surface area contributed by atoms with E-state index >= 15 is 0 Å². The maximum absolute atomic E-state index is 12.1. The molecule has 0 fully saturated rings. The van der Waals surface area contributed by atoms with Gasteiger partial charge in [-0.25, -0.2) is 9.31 Å². The predicted octanol–water partition coefficient (Wildman–Crippen LogP) is 0.355. The highest BCUT2D eigenvalue weighted by molar-refractivity contribution is 6.32. The Morgan fingerprint density at radius 1 is 1.35 bits per heavy atom. The van der Waals surface area contributed by atoms with Crippen molar-refractivity contribution in [1.29, 1.82) is 0 Å². The van der Waals surface area contributed by atoms with E-state index < -0.39 is 11.9 Å². The van der Waals surface area contributed by atoms with Crippen LogP contribution in [0, 0.1) is 0 Å². The highest BCUT2D eigenvalue weighted by atomic mass is 16.5. The molecule has 0 aliphatic carbocycles. The van der Waals surface area contributed by atoms with Crippen molar-refractivity contribution in [3.63, 3.8) is 0 Å². The van der Waals surface area contributed by atoms with Gasteiger partial charge in [0.2, 0.25) is 0 Å². The third kappa shape index (κ3) is 2.66. The number of nitrogens with one attached hydrogen (secondary N) is 2. The van der Waals surface area contributed by atoms with Crippen LogP contribution in [-0.4, -0.2) is 33.1 Å². The van der Waals surface area contributed by atoms with E-state index in [2.05, 4.69) is 20.1 Å². The molecule has 0 radical (unpaired) electrons. The van der Waals surface area contributed by atoms with Crippen LogP contribution >= 0.6 is 0 Å². The third-order valence-electron chi connectivity index (χ3n) is 3.35. The zero-order chi connectivity index (χ0) is 16.4. The number of esters is 1. The maximum Gasteiger partial charge on any atom is 0.396 e. The van der Waals surface area contributed by atoms with Crippen molar-refractivity contribution in [2.75, 3.05) is 6.61 Å². The molecule has 0 bridgehead atoms. The lowest BCUT2D eigenvalue weighted by molar-refractivity contribution is -0.154. The molecule has 8 heteroatoms. The van der Waals surface area contributed by atoms with Gasteiger partial charge in [0.05, 0.1) is 23.7 Å². The first kappa shape index (κ1) is 14.8. The van der Waals surface area contributed by atoms with Crippen LogP contribution in [0.15, 0.2) is 35.3 Å². The average molecular weight is 314 g/mol. The number of fused-ring (bicyclic) bond motifs is 3. The fourth-order valence-electron chi connectivity index (χ4n) is 2.30. The molecule has 0 aliphatic heterocycles. The lowest BCUT2D eigenvalue weighted by atomic mass is 10.2. The van der Waals surface area contributed by atoms with Gasteiger partial charge in [0.15, 0.2) is 0 Å². The first-order valence-corrected chi connectivity index (χ1v) is 7.04. The fourth-order valence-corrected chi connectivity index (χ4v) is 2.30. The molecule has 0 spiro atoms. The van der Waals surface area contributed by atoms with Crippen molar-refractivity contribution < 1.29 is 14.3 Å². The second kappa shape index (κ2) is 5.91. The minimum Gasteiger partial charge on any atom is -0.459 e. The Kier molecular flexibility index (Phi) is 3.80. The van der Waals surface area contributed by atoms with Crippen molar-refractivity contribution in [2.45, 2.75) is 13.5 Å². The number of para-hydroxylation sites is 1. The number of nitrogens with zero attached hydrogens (tertiary/aromatic N) is 2. The van der Waals surface area contributed by atoms with Gasteiger partial charge in [0.1, 0.15) is 5.65 Å². The van der Waals surface area contributed by atoms with Crippen LogP contribution in [0.5, 0.6) is 0 Å². The average Bonchev–Trinajstić information content (AvgIpc) is 2.96. The van der Waals surface area contributed by atoms with Gasteiger partial charge in [-0.1, -0.05) is 12.1 Å². The molecule has 3 aromatic rings. The molecule has 0 unspecified atom stereocenters. The van der Waals surface area contributed by atoms with Gasteiger partial charge in [-0.05, 0) is 19.1 Å². The Bertz CT molecular complexity index is 957. The summed E-state index contributed by atoms with van der Waals surface area (Å²) in [6, 6.07) is 7.07. The molecule has 0 saturated carbocycles. The molecule has 118 valence electrons. The zero-order valence-corrected chi connectivity index (χ0v) is 12.3. The lowest BCUT2D eigenvalue weighted by Crippen LogP contribution is -2.32. The van der Waals surface area contributed by atoms with Crippen LogP contribution in [0.1, 0.15) is 12.5 Å². The normalized spacial score (nSPS) is 10.8. The second-order valence-electron chi connectivity index (χ2n) is 4.80. The number of aromatic amines is 1. The van der Waals surface area contributed by atoms with Crippen molar-refractivity contribution in [3.8, 4) is 0 Å². The number of aromatic nitrogens is 3. The number of carbonyl (C=O) groups excluding carboxylic acids is 2. The molecule has 23 heavy (non-hydrogen) atoms. The monoisotopic (exact) mass is 314 g/mol. The van der Waals surface area contributed by atoms with Gasteiger partial charge in [0.25, 0.3) is 5.56 Å². The highest BCUT2D eigenvalue weighted by Gasteiger charge is 2.16. The molecular formula is C15H14N4O4. The number of H-pyrrole nitrogens is 1. The number of rotatable bonds is 3. The SMILES string of the molecule is CCOC(=O)C(=O)NCc1cnn2c1[nH]c(=O)c1ccccc12. The summed E-state index contributed by atoms with van der Waals surface area (Å²) >= 11 is 0. The van der Waals surface area contributed by atoms with Gasteiger partial charge < -0.3 is 15.0 Å². The Balaban J connectivity index is 1.93. The smallest absolute Gasteiger partial charge is 0.396 e. The molecule has 0 aliphatic rings. The Morgan fingerprint density at radius 2 is 2.13 bits per heavy atom. The molecule has 8 nitrogen and oxygen atoms in total. The van der Waals surface area contributed by atoms with E-state index in [0.717, 1.165) is 0 Å². The topological polar surface area (TPSA) is 106 Å². The van der Waals surface area contributed by atoms with Crippen LogP contribution in [0.4, 0.5) is 0 Å². The van der Waals surface area contributed by atoms with E-state index in [1.54, 1.807) is 29.6 Å². The van der Waals surface area contributed by atoms with Crippen LogP contribution in [-0.2, 0) is 20.9 Å². The van der Waals surface area contributed by atoms with Gasteiger partial charge in [-0.3, -0.25) is 9.59 Å². The van der Waals surface area contributed by atoms with E-state index in [4.69, 9.17) is 0 Å². The van der Waals surface area contributed by atoms with Crippen LogP contribution < -0.4 is 10.9 Å². The maximum atomic E-state index is 12.1.